The molecule has 0 aliphatic heterocycles. The molecule has 0 atom stereocenters. The molecule has 0 unspecified atom stereocenters. The highest BCUT2D eigenvalue weighted by Crippen LogP contribution is 2.32. The van der Waals surface area contributed by atoms with E-state index in [4.69, 9.17) is 0 Å². The van der Waals surface area contributed by atoms with Gasteiger partial charge in [0.25, 0.3) is 0 Å². The fraction of sp³-hybridized carbons (Fsp3) is 0.125. The van der Waals surface area contributed by atoms with Crippen molar-refractivity contribution in [1.29, 1.82) is 0 Å². The van der Waals surface area contributed by atoms with E-state index in [2.05, 4.69) is 16.4 Å². The number of aryl methyl sites for hydroxylation is 1. The number of carbonyl (C=O) groups is 1. The summed E-state index contributed by atoms with van der Waals surface area (Å²) >= 11 is 1.66. The lowest BCUT2D eigenvalue weighted by Crippen LogP contribution is -2.07. The fourth-order valence-corrected chi connectivity index (χ4v) is 3.04. The summed E-state index contributed by atoms with van der Waals surface area (Å²) in [5.74, 6) is -0.0606. The Labute approximate surface area is 121 Å². The summed E-state index contributed by atoms with van der Waals surface area (Å²) in [5, 5.41) is 3.83. The van der Waals surface area contributed by atoms with Crippen LogP contribution in [0.15, 0.2) is 42.5 Å². The molecule has 20 heavy (non-hydrogen) atoms. The van der Waals surface area contributed by atoms with Crippen molar-refractivity contribution in [2.45, 2.75) is 13.8 Å². The van der Waals surface area contributed by atoms with Crippen LogP contribution in [0.2, 0.25) is 0 Å². The molecule has 2 aromatic carbocycles. The van der Waals surface area contributed by atoms with Crippen molar-refractivity contribution >= 4 is 33.1 Å². The summed E-state index contributed by atoms with van der Waals surface area (Å²) in [6, 6.07) is 14.1. The summed E-state index contributed by atoms with van der Waals surface area (Å²) in [7, 11) is 0. The first-order chi connectivity index (χ1) is 9.63. The number of thiazole rings is 1. The van der Waals surface area contributed by atoms with Crippen LogP contribution in [-0.4, -0.2) is 10.9 Å². The van der Waals surface area contributed by atoms with E-state index in [1.165, 1.54) is 11.6 Å². The number of nitrogens with one attached hydrogen (secondary N) is 1. The van der Waals surface area contributed by atoms with E-state index in [-0.39, 0.29) is 5.91 Å². The van der Waals surface area contributed by atoms with E-state index in [0.717, 1.165) is 27.3 Å². The van der Waals surface area contributed by atoms with Gasteiger partial charge in [-0.1, -0.05) is 24.3 Å². The summed E-state index contributed by atoms with van der Waals surface area (Å²) in [6.07, 6.45) is 0. The zero-order chi connectivity index (χ0) is 14.1. The van der Waals surface area contributed by atoms with E-state index < -0.39 is 0 Å². The van der Waals surface area contributed by atoms with Gasteiger partial charge in [0, 0.05) is 18.2 Å². The first-order valence-electron chi connectivity index (χ1n) is 6.37. The maximum absolute atomic E-state index is 11.2. The number of carbonyl (C=O) groups excluding carboxylic acids is 1. The zero-order valence-corrected chi connectivity index (χ0v) is 12.1. The van der Waals surface area contributed by atoms with Gasteiger partial charge < -0.3 is 5.32 Å². The summed E-state index contributed by atoms with van der Waals surface area (Å²) < 4.78 is 1.17. The molecule has 100 valence electrons. The van der Waals surface area contributed by atoms with Crippen molar-refractivity contribution in [3.63, 3.8) is 0 Å². The van der Waals surface area contributed by atoms with Gasteiger partial charge in [0.05, 0.1) is 10.2 Å². The molecule has 1 heterocycles. The van der Waals surface area contributed by atoms with Crippen molar-refractivity contribution in [3.05, 3.63) is 48.0 Å². The third-order valence-electron chi connectivity index (χ3n) is 3.09. The molecular weight excluding hydrogens is 268 g/mol. The zero-order valence-electron chi connectivity index (χ0n) is 11.3. The quantitative estimate of drug-likeness (QED) is 0.764. The SMILES string of the molecule is CC(=O)Nc1cc(-c2nc3ccccc3s2)ccc1C. The van der Waals surface area contributed by atoms with Crippen LogP contribution in [-0.2, 0) is 4.79 Å². The first-order valence-corrected chi connectivity index (χ1v) is 7.19. The van der Waals surface area contributed by atoms with E-state index in [9.17, 15) is 4.79 Å². The Hall–Kier alpha value is -2.20. The number of fused-ring (bicyclic) bond motifs is 1. The Morgan fingerprint density at radius 2 is 2.00 bits per heavy atom. The van der Waals surface area contributed by atoms with Crippen LogP contribution in [0.4, 0.5) is 5.69 Å². The number of para-hydroxylation sites is 1. The lowest BCUT2D eigenvalue weighted by molar-refractivity contribution is -0.114. The standard InChI is InChI=1S/C16H14N2OS/c1-10-7-8-12(9-14(10)17-11(2)19)16-18-13-5-3-4-6-15(13)20-16/h3-9H,1-2H3,(H,17,19). The topological polar surface area (TPSA) is 42.0 Å². The van der Waals surface area contributed by atoms with Gasteiger partial charge in [-0.3, -0.25) is 4.79 Å². The maximum Gasteiger partial charge on any atom is 0.221 e. The molecule has 3 aromatic rings. The van der Waals surface area contributed by atoms with Crippen LogP contribution < -0.4 is 5.32 Å². The predicted molar refractivity (Wildman–Crippen MR) is 84.1 cm³/mol. The summed E-state index contributed by atoms with van der Waals surface area (Å²) in [6.45, 7) is 3.50. The molecule has 3 rings (SSSR count). The lowest BCUT2D eigenvalue weighted by atomic mass is 10.1. The van der Waals surface area contributed by atoms with Gasteiger partial charge in [-0.05, 0) is 30.7 Å². The smallest absolute Gasteiger partial charge is 0.221 e. The highest BCUT2D eigenvalue weighted by Gasteiger charge is 2.08. The third-order valence-corrected chi connectivity index (χ3v) is 4.17. The third kappa shape index (κ3) is 2.42. The van der Waals surface area contributed by atoms with E-state index >= 15 is 0 Å². The molecule has 1 aromatic heterocycles. The second-order valence-corrected chi connectivity index (χ2v) is 5.73. The number of hydrogen-bond acceptors (Lipinski definition) is 3. The van der Waals surface area contributed by atoms with Crippen molar-refractivity contribution in [3.8, 4) is 10.6 Å². The van der Waals surface area contributed by atoms with Crippen LogP contribution in [0.5, 0.6) is 0 Å². The normalized spacial score (nSPS) is 10.7. The number of benzene rings is 2. The number of rotatable bonds is 2. The van der Waals surface area contributed by atoms with Gasteiger partial charge in [-0.15, -0.1) is 11.3 Å². The predicted octanol–water partition coefficient (Wildman–Crippen LogP) is 4.23. The molecule has 1 N–H and O–H groups in total. The van der Waals surface area contributed by atoms with Crippen LogP contribution >= 0.6 is 11.3 Å². The Bertz CT molecular complexity index is 759. The average molecular weight is 282 g/mol. The maximum atomic E-state index is 11.2. The molecule has 0 bridgehead atoms. The van der Waals surface area contributed by atoms with Gasteiger partial charge in [0.2, 0.25) is 5.91 Å². The van der Waals surface area contributed by atoms with Crippen LogP contribution in [0.3, 0.4) is 0 Å². The molecule has 0 spiro atoms. The molecule has 3 nitrogen and oxygen atoms in total. The van der Waals surface area contributed by atoms with Gasteiger partial charge in [-0.2, -0.15) is 0 Å². The number of amides is 1. The largest absolute Gasteiger partial charge is 0.326 e. The first kappa shape index (κ1) is 12.8. The Balaban J connectivity index is 2.07. The lowest BCUT2D eigenvalue weighted by Gasteiger charge is -2.07. The van der Waals surface area contributed by atoms with Crippen molar-refractivity contribution < 1.29 is 4.79 Å². The molecule has 0 aliphatic carbocycles. The van der Waals surface area contributed by atoms with Crippen molar-refractivity contribution in [1.82, 2.24) is 4.98 Å². The average Bonchev–Trinajstić information content (AvgIpc) is 2.84. The molecule has 0 saturated heterocycles. The van der Waals surface area contributed by atoms with E-state index in [1.807, 2.05) is 43.3 Å². The Morgan fingerprint density at radius 3 is 2.75 bits per heavy atom. The van der Waals surface area contributed by atoms with Crippen molar-refractivity contribution in [2.75, 3.05) is 5.32 Å². The van der Waals surface area contributed by atoms with Crippen molar-refractivity contribution in [2.24, 2.45) is 0 Å². The molecule has 0 aliphatic rings. The summed E-state index contributed by atoms with van der Waals surface area (Å²) in [5.41, 5.74) is 3.93. The van der Waals surface area contributed by atoms with Gasteiger partial charge >= 0.3 is 0 Å². The Morgan fingerprint density at radius 1 is 1.20 bits per heavy atom. The minimum absolute atomic E-state index is 0.0606. The number of hydrogen-bond donors (Lipinski definition) is 1. The molecule has 0 saturated carbocycles. The minimum Gasteiger partial charge on any atom is -0.326 e. The van der Waals surface area contributed by atoms with E-state index in [0.29, 0.717) is 0 Å². The van der Waals surface area contributed by atoms with Gasteiger partial charge in [0.15, 0.2) is 0 Å². The summed E-state index contributed by atoms with van der Waals surface area (Å²) in [4.78, 5) is 15.9. The van der Waals surface area contributed by atoms with Crippen LogP contribution in [0.1, 0.15) is 12.5 Å². The monoisotopic (exact) mass is 282 g/mol. The highest BCUT2D eigenvalue weighted by molar-refractivity contribution is 7.21. The van der Waals surface area contributed by atoms with Crippen LogP contribution in [0.25, 0.3) is 20.8 Å². The fourth-order valence-electron chi connectivity index (χ4n) is 2.08. The number of aromatic nitrogens is 1. The minimum atomic E-state index is -0.0606. The van der Waals surface area contributed by atoms with Gasteiger partial charge in [0.1, 0.15) is 5.01 Å². The molecule has 4 heteroatoms. The molecule has 0 fully saturated rings. The Kier molecular flexibility index (Phi) is 3.24. The van der Waals surface area contributed by atoms with Crippen LogP contribution in [0, 0.1) is 6.92 Å². The number of anilines is 1. The molecular formula is C16H14N2OS. The second kappa shape index (κ2) is 5.06. The molecule has 1 amide bonds. The number of nitrogens with zero attached hydrogens (tertiary/aromatic N) is 1. The molecule has 0 radical (unpaired) electrons. The van der Waals surface area contributed by atoms with E-state index in [1.54, 1.807) is 11.3 Å². The van der Waals surface area contributed by atoms with Gasteiger partial charge in [-0.25, -0.2) is 4.98 Å². The highest BCUT2D eigenvalue weighted by atomic mass is 32.1. The second-order valence-electron chi connectivity index (χ2n) is 4.70.